The molecule has 1 aliphatic rings. The zero-order chi connectivity index (χ0) is 25.8. The molecule has 0 bridgehead atoms. The number of benzene rings is 2. The third-order valence-electron chi connectivity index (χ3n) is 6.93. The minimum Gasteiger partial charge on any atom is -0.463 e. The van der Waals surface area contributed by atoms with Crippen LogP contribution in [0.1, 0.15) is 28.8 Å². The number of carbonyl (C=O) groups excluding carboxylic acids is 1. The summed E-state index contributed by atoms with van der Waals surface area (Å²) in [5.74, 6) is -2.18. The third-order valence-corrected chi connectivity index (χ3v) is 6.93. The molecule has 0 radical (unpaired) electrons. The van der Waals surface area contributed by atoms with E-state index in [1.54, 1.807) is 30.1 Å². The predicted molar refractivity (Wildman–Crippen MR) is 132 cm³/mol. The molecule has 0 saturated heterocycles. The number of hydrogen-bond acceptors (Lipinski definition) is 5. The standard InChI is InChI=1S/C27H22F2N4O4/c1-32-11-17-15(3-2-4-22(17)31-32)14-9-20(28)18(21(29)10-14)12-33-13-19(25-16(27(33)36)7-8-37-25)26(35)30-23-5-6-24(23)34/h2-4,7-11,13,23-24,34H,5-6,12H2,1H3,(H,30,35)/t23-,24-/m0/s1. The van der Waals surface area contributed by atoms with Crippen LogP contribution in [0, 0.1) is 11.6 Å². The molecule has 37 heavy (non-hydrogen) atoms. The Kier molecular flexibility index (Phi) is 5.41. The summed E-state index contributed by atoms with van der Waals surface area (Å²) in [6.07, 6.45) is 4.87. The number of nitrogens with one attached hydrogen (secondary N) is 1. The fourth-order valence-corrected chi connectivity index (χ4v) is 4.78. The molecule has 188 valence electrons. The number of amides is 1. The molecule has 1 aliphatic carbocycles. The Morgan fingerprint density at radius 1 is 1.16 bits per heavy atom. The molecule has 2 aromatic carbocycles. The van der Waals surface area contributed by atoms with Gasteiger partial charge >= 0.3 is 0 Å². The summed E-state index contributed by atoms with van der Waals surface area (Å²) in [5, 5.41) is 17.7. The highest BCUT2D eigenvalue weighted by Gasteiger charge is 2.31. The second-order valence-electron chi connectivity index (χ2n) is 9.32. The van der Waals surface area contributed by atoms with Crippen LogP contribution >= 0.6 is 0 Å². The lowest BCUT2D eigenvalue weighted by atomic mass is 9.89. The molecule has 2 N–H and O–H groups in total. The first-order valence-electron chi connectivity index (χ1n) is 11.8. The summed E-state index contributed by atoms with van der Waals surface area (Å²) in [6, 6.07) is 8.82. The fourth-order valence-electron chi connectivity index (χ4n) is 4.78. The maximum atomic E-state index is 15.3. The molecule has 6 rings (SSSR count). The molecule has 8 nitrogen and oxygen atoms in total. The summed E-state index contributed by atoms with van der Waals surface area (Å²) in [5.41, 5.74) is 0.927. The van der Waals surface area contributed by atoms with Crippen LogP contribution in [0.4, 0.5) is 8.78 Å². The van der Waals surface area contributed by atoms with Crippen molar-refractivity contribution in [1.29, 1.82) is 0 Å². The van der Waals surface area contributed by atoms with E-state index >= 15 is 8.78 Å². The number of carbonyl (C=O) groups is 1. The Morgan fingerprint density at radius 3 is 2.65 bits per heavy atom. The molecule has 1 saturated carbocycles. The van der Waals surface area contributed by atoms with Crippen LogP contribution in [0.2, 0.25) is 0 Å². The molecule has 2 atom stereocenters. The number of hydrogen-bond donors (Lipinski definition) is 2. The van der Waals surface area contributed by atoms with E-state index in [4.69, 9.17) is 4.42 Å². The van der Waals surface area contributed by atoms with Crippen molar-refractivity contribution in [2.75, 3.05) is 0 Å². The first kappa shape index (κ1) is 23.1. The minimum absolute atomic E-state index is 0.0411. The maximum Gasteiger partial charge on any atom is 0.262 e. The number of furan rings is 1. The Hall–Kier alpha value is -4.31. The Morgan fingerprint density at radius 2 is 1.95 bits per heavy atom. The lowest BCUT2D eigenvalue weighted by Gasteiger charge is -2.32. The Labute approximate surface area is 208 Å². The SMILES string of the molecule is Cn1cc2c(-c3cc(F)c(Cn4cc(C(=O)N[C@H]5CC[C@@H]5O)c5occc5c4=O)c(F)c3)cccc2n1. The number of fused-ring (bicyclic) bond motifs is 2. The van der Waals surface area contributed by atoms with Crippen LogP contribution in [-0.2, 0) is 13.6 Å². The van der Waals surface area contributed by atoms with Gasteiger partial charge in [0.05, 0.1) is 41.4 Å². The van der Waals surface area contributed by atoms with E-state index in [0.29, 0.717) is 29.5 Å². The van der Waals surface area contributed by atoms with Gasteiger partial charge in [0.15, 0.2) is 5.58 Å². The van der Waals surface area contributed by atoms with Crippen molar-refractivity contribution in [2.24, 2.45) is 7.05 Å². The lowest BCUT2D eigenvalue weighted by molar-refractivity contribution is 0.0447. The van der Waals surface area contributed by atoms with Crippen molar-refractivity contribution in [2.45, 2.75) is 31.5 Å². The topological polar surface area (TPSA) is 102 Å². The summed E-state index contributed by atoms with van der Waals surface area (Å²) in [4.78, 5) is 26.0. The van der Waals surface area contributed by atoms with Gasteiger partial charge in [-0.1, -0.05) is 12.1 Å². The third kappa shape index (κ3) is 3.89. The zero-order valence-corrected chi connectivity index (χ0v) is 19.7. The Bertz CT molecular complexity index is 1730. The van der Waals surface area contributed by atoms with Crippen LogP contribution in [0.3, 0.4) is 0 Å². The number of aliphatic hydroxyl groups excluding tert-OH is 1. The van der Waals surface area contributed by atoms with E-state index in [1.807, 2.05) is 6.07 Å². The summed E-state index contributed by atoms with van der Waals surface area (Å²) in [6.45, 7) is -0.429. The highest BCUT2D eigenvalue weighted by Crippen LogP contribution is 2.31. The van der Waals surface area contributed by atoms with Gasteiger partial charge in [-0.15, -0.1) is 0 Å². The van der Waals surface area contributed by atoms with Gasteiger partial charge in [0.25, 0.3) is 11.5 Å². The molecule has 0 aliphatic heterocycles. The number of aryl methyl sites for hydroxylation is 1. The van der Waals surface area contributed by atoms with E-state index in [2.05, 4.69) is 10.4 Å². The predicted octanol–water partition coefficient (Wildman–Crippen LogP) is 3.73. The number of aromatic nitrogens is 3. The summed E-state index contributed by atoms with van der Waals surface area (Å²) >= 11 is 0. The number of pyridine rings is 1. The van der Waals surface area contributed by atoms with E-state index < -0.39 is 41.8 Å². The highest BCUT2D eigenvalue weighted by atomic mass is 19.1. The smallest absolute Gasteiger partial charge is 0.262 e. The number of rotatable bonds is 5. The monoisotopic (exact) mass is 504 g/mol. The maximum absolute atomic E-state index is 15.3. The van der Waals surface area contributed by atoms with Crippen LogP contribution in [0.15, 0.2) is 64.3 Å². The van der Waals surface area contributed by atoms with Gasteiger partial charge in [0.2, 0.25) is 0 Å². The van der Waals surface area contributed by atoms with Crippen molar-refractivity contribution in [3.8, 4) is 11.1 Å². The van der Waals surface area contributed by atoms with Crippen molar-refractivity contribution in [1.82, 2.24) is 19.7 Å². The van der Waals surface area contributed by atoms with E-state index in [9.17, 15) is 14.7 Å². The largest absolute Gasteiger partial charge is 0.463 e. The molecule has 0 unspecified atom stereocenters. The first-order chi connectivity index (χ1) is 17.8. The molecule has 1 fully saturated rings. The molecule has 3 heterocycles. The summed E-state index contributed by atoms with van der Waals surface area (Å²) in [7, 11) is 1.77. The van der Waals surface area contributed by atoms with Crippen LogP contribution in [-0.4, -0.2) is 37.5 Å². The van der Waals surface area contributed by atoms with Crippen molar-refractivity contribution >= 4 is 27.8 Å². The molecule has 10 heteroatoms. The van der Waals surface area contributed by atoms with Gasteiger partial charge in [-0.2, -0.15) is 5.10 Å². The quantitative estimate of drug-likeness (QED) is 0.380. The lowest BCUT2D eigenvalue weighted by Crippen LogP contribution is -2.50. The zero-order valence-electron chi connectivity index (χ0n) is 19.7. The van der Waals surface area contributed by atoms with Gasteiger partial charge in [-0.25, -0.2) is 8.78 Å². The van der Waals surface area contributed by atoms with Gasteiger partial charge in [-0.05, 0) is 48.2 Å². The minimum atomic E-state index is -0.821. The average Bonchev–Trinajstić information content (AvgIpc) is 3.51. The number of nitrogens with zero attached hydrogens (tertiary/aromatic N) is 3. The summed E-state index contributed by atoms with van der Waals surface area (Å²) < 4.78 is 38.7. The molecule has 0 spiro atoms. The normalized spacial score (nSPS) is 17.3. The molecule has 3 aromatic heterocycles. The van der Waals surface area contributed by atoms with Gasteiger partial charge < -0.3 is 19.4 Å². The van der Waals surface area contributed by atoms with Gasteiger partial charge in [-0.3, -0.25) is 14.3 Å². The van der Waals surface area contributed by atoms with Gasteiger partial charge in [0.1, 0.15) is 11.6 Å². The molecular formula is C27H22F2N4O4. The Balaban J connectivity index is 1.38. The van der Waals surface area contributed by atoms with E-state index in [-0.39, 0.29) is 22.1 Å². The van der Waals surface area contributed by atoms with Crippen LogP contribution in [0.5, 0.6) is 0 Å². The van der Waals surface area contributed by atoms with Crippen LogP contribution in [0.25, 0.3) is 33.0 Å². The average molecular weight is 504 g/mol. The second kappa shape index (κ2) is 8.67. The number of halogens is 2. The van der Waals surface area contributed by atoms with E-state index in [0.717, 1.165) is 9.95 Å². The van der Waals surface area contributed by atoms with Gasteiger partial charge in [0, 0.05) is 30.4 Å². The van der Waals surface area contributed by atoms with Crippen molar-refractivity contribution in [3.05, 3.63) is 88.2 Å². The second-order valence-corrected chi connectivity index (χ2v) is 9.32. The molecular weight excluding hydrogens is 482 g/mol. The first-order valence-corrected chi connectivity index (χ1v) is 11.8. The molecule has 5 aromatic rings. The van der Waals surface area contributed by atoms with Crippen LogP contribution < -0.4 is 10.9 Å². The molecule has 1 amide bonds. The highest BCUT2D eigenvalue weighted by molar-refractivity contribution is 6.04. The van der Waals surface area contributed by atoms with E-state index in [1.165, 1.54) is 30.7 Å². The fraction of sp³-hybridized carbons (Fsp3) is 0.222. The van der Waals surface area contributed by atoms with Crippen molar-refractivity contribution < 1.29 is 23.1 Å². The number of aliphatic hydroxyl groups is 1. The van der Waals surface area contributed by atoms with Crippen molar-refractivity contribution in [3.63, 3.8) is 0 Å².